The van der Waals surface area contributed by atoms with Gasteiger partial charge in [0.25, 0.3) is 0 Å². The van der Waals surface area contributed by atoms with E-state index >= 15 is 0 Å². The fourth-order valence-electron chi connectivity index (χ4n) is 2.69. The predicted octanol–water partition coefficient (Wildman–Crippen LogP) is 1.73. The van der Waals surface area contributed by atoms with Crippen LogP contribution in [-0.4, -0.2) is 46.5 Å². The van der Waals surface area contributed by atoms with Crippen molar-refractivity contribution in [2.75, 3.05) is 13.2 Å². The molecule has 1 aromatic carbocycles. The zero-order valence-electron chi connectivity index (χ0n) is 15.6. The van der Waals surface area contributed by atoms with Gasteiger partial charge in [-0.1, -0.05) is 19.9 Å². The van der Waals surface area contributed by atoms with Gasteiger partial charge in [-0.3, -0.25) is 4.79 Å². The molecule has 1 rings (SSSR count). The van der Waals surface area contributed by atoms with Crippen LogP contribution in [0.3, 0.4) is 0 Å². The van der Waals surface area contributed by atoms with Crippen molar-refractivity contribution in [1.82, 2.24) is 5.32 Å². The van der Waals surface area contributed by atoms with Gasteiger partial charge in [-0.05, 0) is 43.7 Å². The fourth-order valence-corrected chi connectivity index (χ4v) is 2.69. The molecule has 1 amide bonds. The molecule has 0 aromatic heterocycles. The number of carbonyl (C=O) groups excluding carboxylic acids is 2. The van der Waals surface area contributed by atoms with Gasteiger partial charge in [0, 0.05) is 18.6 Å². The average molecular weight is 367 g/mol. The van der Waals surface area contributed by atoms with Gasteiger partial charge < -0.3 is 25.4 Å². The van der Waals surface area contributed by atoms with Crippen LogP contribution in [0.25, 0.3) is 0 Å². The van der Waals surface area contributed by atoms with E-state index in [1.807, 2.05) is 13.8 Å². The number of aliphatic hydroxyl groups is 1. The van der Waals surface area contributed by atoms with E-state index in [0.29, 0.717) is 12.0 Å². The van der Waals surface area contributed by atoms with Crippen LogP contribution in [-0.2, 0) is 20.7 Å². The number of hydrogen-bond acceptors (Lipinski definition) is 6. The van der Waals surface area contributed by atoms with Crippen molar-refractivity contribution in [2.24, 2.45) is 11.8 Å². The number of nitrogens with one attached hydrogen (secondary N) is 1. The molecular formula is C19H29NO6. The second-order valence-corrected chi connectivity index (χ2v) is 6.67. The van der Waals surface area contributed by atoms with Crippen LogP contribution in [0.5, 0.6) is 11.5 Å². The Bertz CT molecular complexity index is 602. The van der Waals surface area contributed by atoms with E-state index in [-0.39, 0.29) is 49.4 Å². The number of benzene rings is 1. The highest BCUT2D eigenvalue weighted by molar-refractivity contribution is 5.86. The number of esters is 1. The molecule has 0 saturated carbocycles. The Labute approximate surface area is 154 Å². The molecule has 0 saturated heterocycles. The number of phenolic OH excluding ortho intramolecular Hbond substituents is 2. The summed E-state index contributed by atoms with van der Waals surface area (Å²) in [7, 11) is 0. The van der Waals surface area contributed by atoms with Crippen LogP contribution >= 0.6 is 0 Å². The summed E-state index contributed by atoms with van der Waals surface area (Å²) in [5.41, 5.74) is 0.480. The van der Waals surface area contributed by atoms with E-state index in [4.69, 9.17) is 4.74 Å². The third-order valence-electron chi connectivity index (χ3n) is 3.98. The molecule has 0 aliphatic rings. The van der Waals surface area contributed by atoms with Gasteiger partial charge in [-0.25, -0.2) is 4.79 Å². The lowest BCUT2D eigenvalue weighted by Crippen LogP contribution is -2.45. The highest BCUT2D eigenvalue weighted by atomic mass is 16.5. The SMILES string of the molecule is CCOC(=O)[C@H](CC(C)C)NC(=O)C(CCO)Cc1ccc(O)cc1O. The summed E-state index contributed by atoms with van der Waals surface area (Å²) in [6.07, 6.45) is 0.806. The summed E-state index contributed by atoms with van der Waals surface area (Å²) in [5, 5.41) is 31.3. The summed E-state index contributed by atoms with van der Waals surface area (Å²) >= 11 is 0. The largest absolute Gasteiger partial charge is 0.508 e. The molecule has 0 bridgehead atoms. The Morgan fingerprint density at radius 2 is 1.92 bits per heavy atom. The Balaban J connectivity index is 2.89. The fraction of sp³-hybridized carbons (Fsp3) is 0.579. The van der Waals surface area contributed by atoms with Gasteiger partial charge in [-0.2, -0.15) is 0 Å². The highest BCUT2D eigenvalue weighted by Gasteiger charge is 2.27. The monoisotopic (exact) mass is 367 g/mol. The van der Waals surface area contributed by atoms with Crippen LogP contribution in [0.2, 0.25) is 0 Å². The maximum Gasteiger partial charge on any atom is 0.328 e. The number of ether oxygens (including phenoxy) is 1. The molecule has 0 spiro atoms. The lowest BCUT2D eigenvalue weighted by molar-refractivity contribution is -0.148. The molecule has 0 radical (unpaired) electrons. The smallest absolute Gasteiger partial charge is 0.328 e. The number of rotatable bonds is 10. The maximum atomic E-state index is 12.7. The van der Waals surface area contributed by atoms with Crippen molar-refractivity contribution in [3.05, 3.63) is 23.8 Å². The lowest BCUT2D eigenvalue weighted by atomic mass is 9.94. The van der Waals surface area contributed by atoms with Crippen molar-refractivity contribution in [3.8, 4) is 11.5 Å². The van der Waals surface area contributed by atoms with Crippen molar-refractivity contribution >= 4 is 11.9 Å². The molecule has 0 heterocycles. The van der Waals surface area contributed by atoms with Crippen LogP contribution in [0.4, 0.5) is 0 Å². The summed E-state index contributed by atoms with van der Waals surface area (Å²) < 4.78 is 5.03. The normalized spacial score (nSPS) is 13.3. The van der Waals surface area contributed by atoms with E-state index in [0.717, 1.165) is 0 Å². The molecule has 7 heteroatoms. The van der Waals surface area contributed by atoms with Gasteiger partial charge in [-0.15, -0.1) is 0 Å². The minimum atomic E-state index is -0.753. The summed E-state index contributed by atoms with van der Waals surface area (Å²) in [6.45, 7) is 5.61. The molecule has 1 aromatic rings. The first kappa shape index (κ1) is 21.8. The summed E-state index contributed by atoms with van der Waals surface area (Å²) in [4.78, 5) is 24.7. The first-order chi connectivity index (χ1) is 12.3. The van der Waals surface area contributed by atoms with Gasteiger partial charge >= 0.3 is 5.97 Å². The van der Waals surface area contributed by atoms with E-state index in [1.54, 1.807) is 6.92 Å². The van der Waals surface area contributed by atoms with E-state index in [9.17, 15) is 24.9 Å². The van der Waals surface area contributed by atoms with Crippen LogP contribution in [0.1, 0.15) is 39.2 Å². The number of amides is 1. The number of aliphatic hydroxyl groups excluding tert-OH is 1. The molecular weight excluding hydrogens is 338 g/mol. The maximum absolute atomic E-state index is 12.7. The van der Waals surface area contributed by atoms with E-state index in [1.165, 1.54) is 18.2 Å². The van der Waals surface area contributed by atoms with Crippen molar-refractivity contribution in [1.29, 1.82) is 0 Å². The first-order valence-electron chi connectivity index (χ1n) is 8.87. The highest BCUT2D eigenvalue weighted by Crippen LogP contribution is 2.26. The van der Waals surface area contributed by atoms with Crippen molar-refractivity contribution < 1.29 is 29.6 Å². The Morgan fingerprint density at radius 1 is 1.23 bits per heavy atom. The van der Waals surface area contributed by atoms with Gasteiger partial charge in [0.2, 0.25) is 5.91 Å². The standard InChI is InChI=1S/C19H29NO6/c1-4-26-19(25)16(9-12(2)3)20-18(24)14(7-8-21)10-13-5-6-15(22)11-17(13)23/h5-6,11-12,14,16,21-23H,4,7-10H2,1-3H3,(H,20,24)/t14?,16-/m0/s1. The van der Waals surface area contributed by atoms with Crippen LogP contribution < -0.4 is 5.32 Å². The lowest BCUT2D eigenvalue weighted by Gasteiger charge is -2.23. The zero-order valence-corrected chi connectivity index (χ0v) is 15.6. The number of carbonyl (C=O) groups is 2. The molecule has 0 aliphatic carbocycles. The van der Waals surface area contributed by atoms with Crippen LogP contribution in [0, 0.1) is 11.8 Å². The van der Waals surface area contributed by atoms with Crippen LogP contribution in [0.15, 0.2) is 18.2 Å². The zero-order chi connectivity index (χ0) is 19.7. The second kappa shape index (κ2) is 10.7. The third-order valence-corrected chi connectivity index (χ3v) is 3.98. The minimum absolute atomic E-state index is 0.0753. The molecule has 7 nitrogen and oxygen atoms in total. The summed E-state index contributed by atoms with van der Waals surface area (Å²) in [5.74, 6) is -1.50. The van der Waals surface area contributed by atoms with Crippen molar-refractivity contribution in [3.63, 3.8) is 0 Å². The summed E-state index contributed by atoms with van der Waals surface area (Å²) in [6, 6.07) is 3.39. The van der Waals surface area contributed by atoms with Crippen molar-refractivity contribution in [2.45, 2.75) is 46.1 Å². The Kier molecular flexibility index (Phi) is 8.92. The average Bonchev–Trinajstić information content (AvgIpc) is 2.55. The molecule has 0 aliphatic heterocycles. The van der Waals surface area contributed by atoms with Gasteiger partial charge in [0.15, 0.2) is 0 Å². The number of aromatic hydroxyl groups is 2. The third kappa shape index (κ3) is 6.92. The molecule has 146 valence electrons. The molecule has 0 fully saturated rings. The van der Waals surface area contributed by atoms with E-state index in [2.05, 4.69) is 5.32 Å². The van der Waals surface area contributed by atoms with E-state index < -0.39 is 17.9 Å². The predicted molar refractivity (Wildman–Crippen MR) is 96.7 cm³/mol. The van der Waals surface area contributed by atoms with Gasteiger partial charge in [0.05, 0.1) is 6.61 Å². The Hall–Kier alpha value is -2.28. The minimum Gasteiger partial charge on any atom is -0.508 e. The quantitative estimate of drug-likeness (QED) is 0.468. The Morgan fingerprint density at radius 3 is 2.46 bits per heavy atom. The molecule has 4 N–H and O–H groups in total. The number of phenols is 2. The van der Waals surface area contributed by atoms with Gasteiger partial charge in [0.1, 0.15) is 17.5 Å². The first-order valence-corrected chi connectivity index (χ1v) is 8.87. The number of hydrogen-bond donors (Lipinski definition) is 4. The topological polar surface area (TPSA) is 116 Å². The molecule has 1 unspecified atom stereocenters. The molecule has 2 atom stereocenters. The molecule has 26 heavy (non-hydrogen) atoms. The second-order valence-electron chi connectivity index (χ2n) is 6.67.